The van der Waals surface area contributed by atoms with Gasteiger partial charge in [0.2, 0.25) is 5.88 Å². The monoisotopic (exact) mass is 409 g/mol. The van der Waals surface area contributed by atoms with Crippen LogP contribution in [0.15, 0.2) is 87.2 Å². The van der Waals surface area contributed by atoms with Crippen LogP contribution in [0.25, 0.3) is 11.1 Å². The molecule has 6 nitrogen and oxygen atoms in total. The molecule has 152 valence electrons. The predicted molar refractivity (Wildman–Crippen MR) is 119 cm³/mol. The number of hydrogen-bond acceptors (Lipinski definition) is 5. The fourth-order valence-corrected chi connectivity index (χ4v) is 3.34. The maximum Gasteiger partial charge on any atom is 0.271 e. The number of benzene rings is 2. The van der Waals surface area contributed by atoms with Crippen LogP contribution in [0, 0.1) is 18.3 Å². The summed E-state index contributed by atoms with van der Waals surface area (Å²) in [6, 6.07) is 23.0. The summed E-state index contributed by atoms with van der Waals surface area (Å²) in [6.07, 6.45) is 2.96. The summed E-state index contributed by atoms with van der Waals surface area (Å²) >= 11 is 0. The molecule has 0 bridgehead atoms. The largest absolute Gasteiger partial charge is 0.494 e. The summed E-state index contributed by atoms with van der Waals surface area (Å²) in [5.74, 6) is 0.229. The maximum absolute atomic E-state index is 12.7. The smallest absolute Gasteiger partial charge is 0.271 e. The summed E-state index contributed by atoms with van der Waals surface area (Å²) in [7, 11) is 0. The van der Waals surface area contributed by atoms with Gasteiger partial charge in [-0.15, -0.1) is 0 Å². The average molecular weight is 409 g/mol. The molecule has 0 atom stereocenters. The van der Waals surface area contributed by atoms with Gasteiger partial charge in [-0.05, 0) is 47.9 Å². The highest BCUT2D eigenvalue weighted by molar-refractivity contribution is 5.87. The average Bonchev–Trinajstić information content (AvgIpc) is 3.31. The quantitative estimate of drug-likeness (QED) is 0.480. The van der Waals surface area contributed by atoms with E-state index in [9.17, 15) is 15.2 Å². The summed E-state index contributed by atoms with van der Waals surface area (Å²) in [5.41, 5.74) is 2.94. The lowest BCUT2D eigenvalue weighted by Crippen LogP contribution is -2.25. The van der Waals surface area contributed by atoms with E-state index in [2.05, 4.69) is 4.99 Å². The molecule has 6 heteroatoms. The van der Waals surface area contributed by atoms with Crippen molar-refractivity contribution in [3.05, 3.63) is 106 Å². The molecule has 0 amide bonds. The summed E-state index contributed by atoms with van der Waals surface area (Å²) in [6.45, 7) is 1.63. The van der Waals surface area contributed by atoms with Crippen molar-refractivity contribution < 1.29 is 9.52 Å². The number of aliphatic imine (C=N–C) groups is 1. The van der Waals surface area contributed by atoms with E-state index in [0.29, 0.717) is 22.6 Å². The molecule has 0 radical (unpaired) electrons. The van der Waals surface area contributed by atoms with Crippen molar-refractivity contribution in [2.24, 2.45) is 4.99 Å². The third kappa shape index (κ3) is 4.02. The van der Waals surface area contributed by atoms with E-state index in [1.807, 2.05) is 60.7 Å². The minimum absolute atomic E-state index is 0.0131. The first kappa shape index (κ1) is 19.9. The molecule has 0 unspecified atom stereocenters. The van der Waals surface area contributed by atoms with E-state index >= 15 is 0 Å². The van der Waals surface area contributed by atoms with E-state index in [0.717, 1.165) is 15.7 Å². The lowest BCUT2D eigenvalue weighted by atomic mass is 10.1. The fraction of sp³-hybridized carbons (Fsp3) is 0.0800. The van der Waals surface area contributed by atoms with E-state index in [-0.39, 0.29) is 18.0 Å². The van der Waals surface area contributed by atoms with Gasteiger partial charge in [-0.3, -0.25) is 14.4 Å². The Bertz CT molecular complexity index is 1330. The van der Waals surface area contributed by atoms with E-state index in [1.165, 1.54) is 12.5 Å². The van der Waals surface area contributed by atoms with Gasteiger partial charge in [-0.25, -0.2) is 0 Å². The fourth-order valence-electron chi connectivity index (χ4n) is 3.34. The molecule has 0 fully saturated rings. The molecule has 2 aromatic heterocycles. The Morgan fingerprint density at radius 3 is 2.42 bits per heavy atom. The first-order chi connectivity index (χ1) is 15.1. The summed E-state index contributed by atoms with van der Waals surface area (Å²) in [4.78, 5) is 17.1. The molecule has 0 saturated carbocycles. The number of aromatic nitrogens is 1. The van der Waals surface area contributed by atoms with Crippen LogP contribution < -0.4 is 5.56 Å². The Kier molecular flexibility index (Phi) is 5.50. The normalized spacial score (nSPS) is 11.0. The van der Waals surface area contributed by atoms with Gasteiger partial charge in [0.15, 0.2) is 0 Å². The zero-order chi connectivity index (χ0) is 21.8. The molecule has 1 N–H and O–H groups in total. The Morgan fingerprint density at radius 2 is 1.77 bits per heavy atom. The van der Waals surface area contributed by atoms with Gasteiger partial charge in [0, 0.05) is 6.21 Å². The molecule has 2 heterocycles. The molecule has 2 aromatic carbocycles. The van der Waals surface area contributed by atoms with Crippen LogP contribution in [0.4, 0.5) is 5.69 Å². The van der Waals surface area contributed by atoms with Gasteiger partial charge < -0.3 is 9.52 Å². The number of pyridine rings is 1. The molecule has 0 spiro atoms. The third-order valence-electron chi connectivity index (χ3n) is 5.06. The highest BCUT2D eigenvalue weighted by atomic mass is 16.3. The van der Waals surface area contributed by atoms with Gasteiger partial charge in [-0.1, -0.05) is 42.5 Å². The lowest BCUT2D eigenvalue weighted by molar-refractivity contribution is 0.397. The molecule has 31 heavy (non-hydrogen) atoms. The van der Waals surface area contributed by atoms with Gasteiger partial charge in [-0.2, -0.15) is 5.26 Å². The molecular weight excluding hydrogens is 390 g/mol. The summed E-state index contributed by atoms with van der Waals surface area (Å²) in [5, 5.41) is 20.2. The van der Waals surface area contributed by atoms with Crippen molar-refractivity contribution in [2.75, 3.05) is 0 Å². The second-order valence-corrected chi connectivity index (χ2v) is 6.99. The molecular formula is C25H19N3O3. The highest BCUT2D eigenvalue weighted by Gasteiger charge is 2.18. The molecule has 0 aliphatic heterocycles. The van der Waals surface area contributed by atoms with Crippen molar-refractivity contribution >= 4 is 11.9 Å². The zero-order valence-electron chi connectivity index (χ0n) is 16.8. The van der Waals surface area contributed by atoms with Crippen LogP contribution in [-0.4, -0.2) is 15.9 Å². The second kappa shape index (κ2) is 8.56. The number of nitrogens with zero attached hydrogens (tertiary/aromatic N) is 3. The highest BCUT2D eigenvalue weighted by Crippen LogP contribution is 2.24. The lowest BCUT2D eigenvalue weighted by Gasteiger charge is -2.13. The van der Waals surface area contributed by atoms with Crippen molar-refractivity contribution in [1.29, 1.82) is 5.26 Å². The van der Waals surface area contributed by atoms with Gasteiger partial charge in [0.05, 0.1) is 24.1 Å². The Hall–Kier alpha value is -4.37. The number of aromatic hydroxyl groups is 1. The molecule has 4 aromatic rings. The van der Waals surface area contributed by atoms with Crippen LogP contribution in [0.5, 0.6) is 5.88 Å². The number of hydrogen-bond donors (Lipinski definition) is 1. The number of rotatable bonds is 5. The zero-order valence-corrected chi connectivity index (χ0v) is 16.8. The Labute approximate surface area is 179 Å². The van der Waals surface area contributed by atoms with Crippen molar-refractivity contribution in [2.45, 2.75) is 13.5 Å². The third-order valence-corrected chi connectivity index (χ3v) is 5.06. The van der Waals surface area contributed by atoms with Crippen LogP contribution in [0.1, 0.15) is 22.5 Å². The van der Waals surface area contributed by atoms with Crippen molar-refractivity contribution in [1.82, 2.24) is 4.57 Å². The van der Waals surface area contributed by atoms with E-state index < -0.39 is 5.56 Å². The van der Waals surface area contributed by atoms with E-state index in [4.69, 9.17) is 4.42 Å². The van der Waals surface area contributed by atoms with Gasteiger partial charge in [0.1, 0.15) is 17.4 Å². The Morgan fingerprint density at radius 1 is 1.06 bits per heavy atom. The molecule has 0 aliphatic carbocycles. The Balaban J connectivity index is 1.70. The van der Waals surface area contributed by atoms with Crippen molar-refractivity contribution in [3.63, 3.8) is 0 Å². The second-order valence-electron chi connectivity index (χ2n) is 6.99. The molecule has 4 rings (SSSR count). The predicted octanol–water partition coefficient (Wildman–Crippen LogP) is 4.79. The van der Waals surface area contributed by atoms with E-state index in [1.54, 1.807) is 19.1 Å². The van der Waals surface area contributed by atoms with Gasteiger partial charge in [0.25, 0.3) is 5.56 Å². The first-order valence-corrected chi connectivity index (χ1v) is 9.67. The first-order valence-electron chi connectivity index (χ1n) is 9.67. The minimum Gasteiger partial charge on any atom is -0.494 e. The van der Waals surface area contributed by atoms with Crippen LogP contribution in [0.3, 0.4) is 0 Å². The SMILES string of the molecule is Cc1c(C=Nc2ccc(-c3ccccc3)cc2)c(O)n(Cc2ccco2)c(=O)c1C#N. The van der Waals surface area contributed by atoms with Gasteiger partial charge >= 0.3 is 0 Å². The number of nitriles is 1. The minimum atomic E-state index is -0.571. The van der Waals surface area contributed by atoms with Crippen LogP contribution >= 0.6 is 0 Å². The van der Waals surface area contributed by atoms with Crippen LogP contribution in [-0.2, 0) is 6.54 Å². The van der Waals surface area contributed by atoms with Crippen LogP contribution in [0.2, 0.25) is 0 Å². The topological polar surface area (TPSA) is 91.5 Å². The summed E-state index contributed by atoms with van der Waals surface area (Å²) < 4.78 is 6.40. The maximum atomic E-state index is 12.7. The molecule has 0 saturated heterocycles. The van der Waals surface area contributed by atoms with Crippen molar-refractivity contribution in [3.8, 4) is 23.1 Å². The molecule has 0 aliphatic rings. The standard InChI is InChI=1S/C25H19N3O3/c1-17-22(14-26)24(29)28(16-21-8-5-13-31-21)25(30)23(17)15-27-20-11-9-19(10-12-20)18-6-3-2-4-7-18/h2-13,15,30H,16H2,1H3. The number of furan rings is 1.